The van der Waals surface area contributed by atoms with Gasteiger partial charge in [-0.3, -0.25) is 14.3 Å². The van der Waals surface area contributed by atoms with Gasteiger partial charge in [-0.1, -0.05) is 35.5 Å². The molecule has 1 unspecified atom stereocenters. The number of aromatic nitrogens is 3. The van der Waals surface area contributed by atoms with Crippen LogP contribution in [0.3, 0.4) is 0 Å². The molecule has 0 aliphatic carbocycles. The van der Waals surface area contributed by atoms with Crippen LogP contribution in [0.25, 0.3) is 0 Å². The van der Waals surface area contributed by atoms with Crippen LogP contribution in [0.2, 0.25) is 0 Å². The molecule has 3 aromatic rings. The predicted molar refractivity (Wildman–Crippen MR) is 146 cm³/mol. The molecule has 0 radical (unpaired) electrons. The Labute approximate surface area is 235 Å². The van der Waals surface area contributed by atoms with Gasteiger partial charge in [-0.05, 0) is 79.1 Å². The number of amides is 1. The monoisotopic (exact) mass is 602 g/mol. The van der Waals surface area contributed by atoms with Crippen molar-refractivity contribution in [3.05, 3.63) is 81.6 Å². The summed E-state index contributed by atoms with van der Waals surface area (Å²) in [5.74, 6) is -2.57. The number of likely N-dealkylation sites (tertiary alicyclic amines) is 1. The standard InChI is InChI=1S/C29H33BrF2N4O3/c1-29(2,28(38)39-19-21-7-4-3-5-8-21)17-22-18-36(34-33-22)16-13-20-9-6-14-35(15-12-20)27(37)23-10-11-24(30)26(32)25(23)31/h3-5,7-8,10-11,18,20H,6,9,12-17,19H2,1-2H3. The molecule has 10 heteroatoms. The van der Waals surface area contributed by atoms with E-state index in [-0.39, 0.29) is 22.6 Å². The summed E-state index contributed by atoms with van der Waals surface area (Å²) >= 11 is 2.95. The molecule has 1 atom stereocenters. The third-order valence-electron chi connectivity index (χ3n) is 7.14. The van der Waals surface area contributed by atoms with Crippen LogP contribution in [0.5, 0.6) is 0 Å². The number of benzene rings is 2. The third-order valence-corrected chi connectivity index (χ3v) is 7.75. The van der Waals surface area contributed by atoms with Crippen molar-refractivity contribution < 1.29 is 23.1 Å². The van der Waals surface area contributed by atoms with E-state index in [9.17, 15) is 18.4 Å². The zero-order chi connectivity index (χ0) is 28.0. The quantitative estimate of drug-likeness (QED) is 0.223. The number of hydrogen-bond donors (Lipinski definition) is 0. The van der Waals surface area contributed by atoms with Crippen LogP contribution in [0.4, 0.5) is 8.78 Å². The molecular formula is C29H33BrF2N4O3. The normalized spacial score (nSPS) is 16.1. The van der Waals surface area contributed by atoms with Crippen LogP contribution in [0.15, 0.2) is 53.1 Å². The van der Waals surface area contributed by atoms with Crippen LogP contribution < -0.4 is 0 Å². The first kappa shape index (κ1) is 28.9. The average Bonchev–Trinajstić information content (AvgIpc) is 3.22. The van der Waals surface area contributed by atoms with Crippen molar-refractivity contribution in [1.82, 2.24) is 19.9 Å². The molecule has 7 nitrogen and oxygen atoms in total. The maximum absolute atomic E-state index is 14.3. The maximum Gasteiger partial charge on any atom is 0.312 e. The highest BCUT2D eigenvalue weighted by molar-refractivity contribution is 9.10. The van der Waals surface area contributed by atoms with Crippen molar-refractivity contribution >= 4 is 27.8 Å². The molecule has 1 saturated heterocycles. The SMILES string of the molecule is CC(C)(Cc1cn(CCC2CCCN(C(=O)c3ccc(Br)c(F)c3F)CC2)nn1)C(=O)OCc1ccccc1. The van der Waals surface area contributed by atoms with Gasteiger partial charge in [0.1, 0.15) is 6.61 Å². The first-order chi connectivity index (χ1) is 18.6. The summed E-state index contributed by atoms with van der Waals surface area (Å²) in [5.41, 5.74) is 0.673. The summed E-state index contributed by atoms with van der Waals surface area (Å²) in [4.78, 5) is 27.1. The van der Waals surface area contributed by atoms with Crippen molar-refractivity contribution in [3.63, 3.8) is 0 Å². The van der Waals surface area contributed by atoms with Crippen LogP contribution in [0, 0.1) is 23.0 Å². The number of halogens is 3. The van der Waals surface area contributed by atoms with Gasteiger partial charge in [0.25, 0.3) is 5.91 Å². The van der Waals surface area contributed by atoms with Gasteiger partial charge >= 0.3 is 5.97 Å². The minimum absolute atomic E-state index is 0.00435. The van der Waals surface area contributed by atoms with Gasteiger partial charge in [0.05, 0.1) is 21.1 Å². The van der Waals surface area contributed by atoms with Crippen LogP contribution in [0.1, 0.15) is 61.1 Å². The number of hydrogen-bond acceptors (Lipinski definition) is 5. The van der Waals surface area contributed by atoms with E-state index in [2.05, 4.69) is 26.2 Å². The Kier molecular flexibility index (Phi) is 9.48. The van der Waals surface area contributed by atoms with E-state index in [0.29, 0.717) is 32.0 Å². The molecule has 2 heterocycles. The highest BCUT2D eigenvalue weighted by atomic mass is 79.9. The number of rotatable bonds is 9. The van der Waals surface area contributed by atoms with Crippen molar-refractivity contribution in [2.75, 3.05) is 13.1 Å². The minimum Gasteiger partial charge on any atom is -0.460 e. The number of aryl methyl sites for hydroxylation is 1. The summed E-state index contributed by atoms with van der Waals surface area (Å²) in [6.07, 6.45) is 5.63. The van der Waals surface area contributed by atoms with E-state index < -0.39 is 23.0 Å². The Balaban J connectivity index is 1.25. The predicted octanol–water partition coefficient (Wildman–Crippen LogP) is 5.96. The molecular weight excluding hydrogens is 570 g/mol. The third kappa shape index (κ3) is 7.50. The number of carbonyl (C=O) groups excluding carboxylic acids is 2. The minimum atomic E-state index is -1.12. The Hall–Kier alpha value is -3.14. The fourth-order valence-electron chi connectivity index (χ4n) is 4.81. The van der Waals surface area contributed by atoms with E-state index >= 15 is 0 Å². The molecule has 0 bridgehead atoms. The topological polar surface area (TPSA) is 77.3 Å². The molecule has 1 aliphatic rings. The van der Waals surface area contributed by atoms with Gasteiger partial charge in [0.2, 0.25) is 0 Å². The zero-order valence-corrected chi connectivity index (χ0v) is 23.8. The van der Waals surface area contributed by atoms with E-state index in [1.165, 1.54) is 12.1 Å². The lowest BCUT2D eigenvalue weighted by atomic mass is 9.88. The van der Waals surface area contributed by atoms with E-state index in [0.717, 1.165) is 36.9 Å². The molecule has 0 spiro atoms. The maximum atomic E-state index is 14.3. The molecule has 1 amide bonds. The number of ether oxygens (including phenoxy) is 1. The van der Waals surface area contributed by atoms with Crippen LogP contribution in [-0.4, -0.2) is 44.9 Å². The summed E-state index contributed by atoms with van der Waals surface area (Å²) < 4.78 is 35.5. The number of esters is 1. The first-order valence-electron chi connectivity index (χ1n) is 13.2. The molecule has 1 fully saturated rings. The van der Waals surface area contributed by atoms with Gasteiger partial charge < -0.3 is 9.64 Å². The summed E-state index contributed by atoms with van der Waals surface area (Å²) in [5, 5.41) is 8.50. The fourth-order valence-corrected chi connectivity index (χ4v) is 5.11. The van der Waals surface area contributed by atoms with E-state index in [4.69, 9.17) is 4.74 Å². The highest BCUT2D eigenvalue weighted by Crippen LogP contribution is 2.26. The van der Waals surface area contributed by atoms with Gasteiger partial charge in [0, 0.05) is 32.3 Å². The second-order valence-electron chi connectivity index (χ2n) is 10.7. The van der Waals surface area contributed by atoms with Crippen molar-refractivity contribution in [3.8, 4) is 0 Å². The van der Waals surface area contributed by atoms with Crippen molar-refractivity contribution in [2.24, 2.45) is 11.3 Å². The van der Waals surface area contributed by atoms with Gasteiger partial charge in [0.15, 0.2) is 11.6 Å². The molecule has 208 valence electrons. The molecule has 4 rings (SSSR count). The Morgan fingerprint density at radius 1 is 1.08 bits per heavy atom. The summed E-state index contributed by atoms with van der Waals surface area (Å²) in [7, 11) is 0. The van der Waals surface area contributed by atoms with Crippen molar-refractivity contribution in [2.45, 2.75) is 59.1 Å². The fraction of sp³-hybridized carbons (Fsp3) is 0.448. The number of nitrogens with zero attached hydrogens (tertiary/aromatic N) is 4. The first-order valence-corrected chi connectivity index (χ1v) is 14.0. The van der Waals surface area contributed by atoms with Gasteiger partial charge in [-0.25, -0.2) is 8.78 Å². The molecule has 2 aromatic carbocycles. The molecule has 1 aliphatic heterocycles. The Morgan fingerprint density at radius 3 is 2.62 bits per heavy atom. The average molecular weight is 604 g/mol. The summed E-state index contributed by atoms with van der Waals surface area (Å²) in [6, 6.07) is 12.2. The van der Waals surface area contributed by atoms with E-state index in [1.807, 2.05) is 50.4 Å². The second kappa shape index (κ2) is 12.8. The molecule has 39 heavy (non-hydrogen) atoms. The lowest BCUT2D eigenvalue weighted by molar-refractivity contribution is -0.155. The zero-order valence-electron chi connectivity index (χ0n) is 22.2. The number of carbonyl (C=O) groups is 2. The highest BCUT2D eigenvalue weighted by Gasteiger charge is 2.31. The summed E-state index contributed by atoms with van der Waals surface area (Å²) in [6.45, 7) is 5.57. The van der Waals surface area contributed by atoms with E-state index in [1.54, 1.807) is 9.58 Å². The van der Waals surface area contributed by atoms with Crippen molar-refractivity contribution in [1.29, 1.82) is 0 Å². The molecule has 1 aromatic heterocycles. The molecule has 0 saturated carbocycles. The molecule has 0 N–H and O–H groups in total. The Bertz CT molecular complexity index is 1300. The van der Waals surface area contributed by atoms with Crippen LogP contribution >= 0.6 is 15.9 Å². The largest absolute Gasteiger partial charge is 0.460 e. The Morgan fingerprint density at radius 2 is 1.85 bits per heavy atom. The van der Waals surface area contributed by atoms with Gasteiger partial charge in [-0.2, -0.15) is 0 Å². The lowest BCUT2D eigenvalue weighted by Gasteiger charge is -2.21. The second-order valence-corrected chi connectivity index (χ2v) is 11.6. The van der Waals surface area contributed by atoms with Crippen LogP contribution in [-0.2, 0) is 29.1 Å². The lowest BCUT2D eigenvalue weighted by Crippen LogP contribution is -2.32. The van der Waals surface area contributed by atoms with Gasteiger partial charge in [-0.15, -0.1) is 5.10 Å². The smallest absolute Gasteiger partial charge is 0.312 e.